The fourth-order valence-corrected chi connectivity index (χ4v) is 3.39. The molecule has 0 aromatic heterocycles. The molecule has 0 aliphatic carbocycles. The molecule has 1 fully saturated rings. The maximum atomic E-state index is 12.7. The molecule has 2 aromatic rings. The molecule has 0 spiro atoms. The number of nitro groups is 1. The number of nitrogens with zero attached hydrogens (tertiary/aromatic N) is 3. The molecule has 30 heavy (non-hydrogen) atoms. The first-order valence-corrected chi connectivity index (χ1v) is 9.62. The summed E-state index contributed by atoms with van der Waals surface area (Å²) in [6.07, 6.45) is 0. The van der Waals surface area contributed by atoms with Crippen LogP contribution < -0.4 is 10.1 Å². The maximum Gasteiger partial charge on any atom is 0.271 e. The Morgan fingerprint density at radius 2 is 1.77 bits per heavy atom. The zero-order valence-corrected chi connectivity index (χ0v) is 16.9. The van der Waals surface area contributed by atoms with Crippen molar-refractivity contribution in [2.45, 2.75) is 13.0 Å². The van der Waals surface area contributed by atoms with Gasteiger partial charge in [-0.05, 0) is 25.1 Å². The minimum Gasteiger partial charge on any atom is -0.495 e. The molecular formula is C21H24N4O5. The van der Waals surface area contributed by atoms with E-state index in [9.17, 15) is 19.7 Å². The van der Waals surface area contributed by atoms with Gasteiger partial charge in [-0.15, -0.1) is 0 Å². The number of amides is 2. The highest BCUT2D eigenvalue weighted by molar-refractivity contribution is 5.96. The van der Waals surface area contributed by atoms with Gasteiger partial charge in [-0.1, -0.05) is 18.2 Å². The minimum atomic E-state index is -0.526. The zero-order valence-electron chi connectivity index (χ0n) is 16.9. The largest absolute Gasteiger partial charge is 0.495 e. The van der Waals surface area contributed by atoms with Crippen LogP contribution in [0, 0.1) is 10.1 Å². The lowest BCUT2D eigenvalue weighted by Gasteiger charge is -2.37. The number of anilines is 1. The molecule has 1 aliphatic heterocycles. The summed E-state index contributed by atoms with van der Waals surface area (Å²) >= 11 is 0. The van der Waals surface area contributed by atoms with Gasteiger partial charge < -0.3 is 15.0 Å². The van der Waals surface area contributed by atoms with Crippen LogP contribution in [0.25, 0.3) is 0 Å². The summed E-state index contributed by atoms with van der Waals surface area (Å²) in [5.41, 5.74) is 0.766. The zero-order chi connectivity index (χ0) is 21.7. The van der Waals surface area contributed by atoms with Crippen LogP contribution in [0.5, 0.6) is 5.75 Å². The number of ether oxygens (including phenoxy) is 1. The normalized spacial score (nSPS) is 15.3. The Morgan fingerprint density at radius 1 is 1.10 bits per heavy atom. The Morgan fingerprint density at radius 3 is 2.37 bits per heavy atom. The van der Waals surface area contributed by atoms with Gasteiger partial charge in [0, 0.05) is 43.9 Å². The highest BCUT2D eigenvalue weighted by Gasteiger charge is 2.28. The molecule has 1 atom stereocenters. The third kappa shape index (κ3) is 4.74. The van der Waals surface area contributed by atoms with E-state index in [0.29, 0.717) is 37.5 Å². The van der Waals surface area contributed by atoms with Gasteiger partial charge in [-0.25, -0.2) is 0 Å². The van der Waals surface area contributed by atoms with Crippen molar-refractivity contribution in [3.05, 3.63) is 64.2 Å². The molecule has 2 amide bonds. The predicted octanol–water partition coefficient (Wildman–Crippen LogP) is 2.39. The van der Waals surface area contributed by atoms with Crippen molar-refractivity contribution in [1.82, 2.24) is 9.80 Å². The molecule has 3 rings (SSSR count). The molecule has 0 radical (unpaired) electrons. The van der Waals surface area contributed by atoms with Crippen molar-refractivity contribution in [3.63, 3.8) is 0 Å². The molecule has 1 aliphatic rings. The summed E-state index contributed by atoms with van der Waals surface area (Å²) in [6, 6.07) is 12.7. The number of hydrogen-bond acceptors (Lipinski definition) is 6. The summed E-state index contributed by atoms with van der Waals surface area (Å²) in [5, 5.41) is 13.7. The van der Waals surface area contributed by atoms with Gasteiger partial charge in [0.15, 0.2) is 0 Å². The van der Waals surface area contributed by atoms with Crippen LogP contribution in [0.15, 0.2) is 48.5 Å². The first kappa shape index (κ1) is 21.3. The van der Waals surface area contributed by atoms with Gasteiger partial charge >= 0.3 is 0 Å². The number of non-ortho nitro benzene ring substituents is 1. The molecule has 1 heterocycles. The van der Waals surface area contributed by atoms with E-state index >= 15 is 0 Å². The minimum absolute atomic E-state index is 0.0197. The van der Waals surface area contributed by atoms with Crippen LogP contribution >= 0.6 is 0 Å². The third-order valence-electron chi connectivity index (χ3n) is 5.20. The summed E-state index contributed by atoms with van der Waals surface area (Å²) < 4.78 is 5.19. The Kier molecular flexibility index (Phi) is 6.63. The fraction of sp³-hybridized carbons (Fsp3) is 0.333. The molecule has 9 nitrogen and oxygen atoms in total. The Balaban J connectivity index is 1.61. The molecule has 1 unspecified atom stereocenters. The number of rotatable bonds is 6. The second kappa shape index (κ2) is 9.36. The van der Waals surface area contributed by atoms with Crippen molar-refractivity contribution in [3.8, 4) is 5.75 Å². The van der Waals surface area contributed by atoms with Gasteiger partial charge in [-0.2, -0.15) is 0 Å². The van der Waals surface area contributed by atoms with Crippen molar-refractivity contribution in [2.24, 2.45) is 0 Å². The van der Waals surface area contributed by atoms with E-state index in [-0.39, 0.29) is 23.2 Å². The monoisotopic (exact) mass is 412 g/mol. The molecule has 0 saturated carbocycles. The first-order chi connectivity index (χ1) is 14.4. The van der Waals surface area contributed by atoms with Gasteiger partial charge in [0.2, 0.25) is 5.91 Å². The van der Waals surface area contributed by atoms with E-state index in [1.165, 1.54) is 25.3 Å². The van der Waals surface area contributed by atoms with Crippen LogP contribution in [0.3, 0.4) is 0 Å². The number of nitrogens with one attached hydrogen (secondary N) is 1. The van der Waals surface area contributed by atoms with E-state index in [1.807, 2.05) is 23.1 Å². The van der Waals surface area contributed by atoms with Crippen LogP contribution in [-0.2, 0) is 4.79 Å². The summed E-state index contributed by atoms with van der Waals surface area (Å²) in [7, 11) is 1.43. The van der Waals surface area contributed by atoms with Crippen LogP contribution in [0.1, 0.15) is 17.3 Å². The highest BCUT2D eigenvalue weighted by atomic mass is 16.6. The summed E-state index contributed by atoms with van der Waals surface area (Å²) in [5.74, 6) is 0.0322. The van der Waals surface area contributed by atoms with Crippen LogP contribution in [-0.4, -0.2) is 65.9 Å². The molecule has 0 bridgehead atoms. The number of methoxy groups -OCH3 is 1. The third-order valence-corrected chi connectivity index (χ3v) is 5.20. The van der Waals surface area contributed by atoms with Gasteiger partial charge in [0.1, 0.15) is 5.75 Å². The second-order valence-electron chi connectivity index (χ2n) is 7.00. The van der Waals surface area contributed by atoms with E-state index in [4.69, 9.17) is 4.74 Å². The van der Waals surface area contributed by atoms with E-state index in [0.717, 1.165) is 0 Å². The number of benzene rings is 2. The highest BCUT2D eigenvalue weighted by Crippen LogP contribution is 2.29. The second-order valence-corrected chi connectivity index (χ2v) is 7.00. The van der Waals surface area contributed by atoms with Crippen LogP contribution in [0.2, 0.25) is 0 Å². The van der Waals surface area contributed by atoms with Crippen LogP contribution in [0.4, 0.5) is 11.4 Å². The van der Waals surface area contributed by atoms with E-state index in [2.05, 4.69) is 5.32 Å². The molecule has 2 aromatic carbocycles. The smallest absolute Gasteiger partial charge is 0.271 e. The van der Waals surface area contributed by atoms with Gasteiger partial charge in [-0.3, -0.25) is 24.6 Å². The molecular weight excluding hydrogens is 388 g/mol. The van der Waals surface area contributed by atoms with E-state index in [1.54, 1.807) is 24.0 Å². The standard InChI is InChI=1S/C21H24N4O5/c1-15(20(26)22-18-14-17(25(28)29)8-9-19(18)30-2)23-10-12-24(13-11-23)21(27)16-6-4-3-5-7-16/h3-9,14-15H,10-13H2,1-2H3,(H,22,26). The quantitative estimate of drug-likeness (QED) is 0.577. The van der Waals surface area contributed by atoms with Crippen molar-refractivity contribution >= 4 is 23.2 Å². The Bertz CT molecular complexity index is 926. The summed E-state index contributed by atoms with van der Waals surface area (Å²) in [4.78, 5) is 39.6. The van der Waals surface area contributed by atoms with Gasteiger partial charge in [0.05, 0.1) is 23.8 Å². The lowest BCUT2D eigenvalue weighted by atomic mass is 10.1. The van der Waals surface area contributed by atoms with Crippen molar-refractivity contribution in [1.29, 1.82) is 0 Å². The average Bonchev–Trinajstić information content (AvgIpc) is 2.78. The predicted molar refractivity (Wildman–Crippen MR) is 112 cm³/mol. The molecule has 9 heteroatoms. The maximum absolute atomic E-state index is 12.7. The fourth-order valence-electron chi connectivity index (χ4n) is 3.39. The Labute approximate surface area is 174 Å². The van der Waals surface area contributed by atoms with Gasteiger partial charge in [0.25, 0.3) is 11.6 Å². The number of piperazine rings is 1. The lowest BCUT2D eigenvalue weighted by molar-refractivity contribution is -0.384. The van der Waals surface area contributed by atoms with E-state index < -0.39 is 11.0 Å². The number of nitro benzene ring substituents is 1. The Hall–Kier alpha value is -3.46. The number of carbonyl (C=O) groups is 2. The lowest BCUT2D eigenvalue weighted by Crippen LogP contribution is -2.54. The topological polar surface area (TPSA) is 105 Å². The summed E-state index contributed by atoms with van der Waals surface area (Å²) in [6.45, 7) is 3.92. The molecule has 1 N–H and O–H groups in total. The molecule has 158 valence electrons. The number of carbonyl (C=O) groups excluding carboxylic acids is 2. The van der Waals surface area contributed by atoms with Crippen molar-refractivity contribution < 1.29 is 19.2 Å². The average molecular weight is 412 g/mol. The SMILES string of the molecule is COc1ccc([N+](=O)[O-])cc1NC(=O)C(C)N1CCN(C(=O)c2ccccc2)CC1. The van der Waals surface area contributed by atoms with Crippen molar-refractivity contribution in [2.75, 3.05) is 38.6 Å². The first-order valence-electron chi connectivity index (χ1n) is 9.62. The molecule has 1 saturated heterocycles. The number of hydrogen-bond donors (Lipinski definition) is 1.